The average molecular weight is 737 g/mol. The van der Waals surface area contributed by atoms with Gasteiger partial charge in [0.25, 0.3) is 21.6 Å². The Bertz CT molecular complexity index is 1870. The number of benzene rings is 4. The molecule has 4 aromatic carbocycles. The Morgan fingerprint density at radius 2 is 1.64 bits per heavy atom. The number of thioether (sulfide) groups is 1. The number of nitro groups is 1. The van der Waals surface area contributed by atoms with Crippen LogP contribution in [0.4, 0.5) is 17.1 Å². The summed E-state index contributed by atoms with van der Waals surface area (Å²) in [6.07, 6.45) is 0.707. The molecule has 1 aliphatic rings. The van der Waals surface area contributed by atoms with Gasteiger partial charge in [-0.05, 0) is 87.2 Å². The summed E-state index contributed by atoms with van der Waals surface area (Å²) in [7, 11) is -0.496. The third-order valence-corrected chi connectivity index (χ3v) is 11.3. The molecule has 0 bridgehead atoms. The van der Waals surface area contributed by atoms with Crippen molar-refractivity contribution in [1.82, 2.24) is 14.5 Å². The average Bonchev–Trinajstić information content (AvgIpc) is 3.11. The van der Waals surface area contributed by atoms with Gasteiger partial charge in [-0.15, -0.1) is 11.8 Å². The second kappa shape index (κ2) is 17.2. The van der Waals surface area contributed by atoms with Crippen LogP contribution in [0.2, 0.25) is 5.02 Å². The molecule has 0 aromatic heterocycles. The van der Waals surface area contributed by atoms with Crippen LogP contribution in [0.25, 0.3) is 0 Å². The van der Waals surface area contributed by atoms with Crippen LogP contribution in [0, 0.1) is 10.1 Å². The van der Waals surface area contributed by atoms with Gasteiger partial charge >= 0.3 is 0 Å². The van der Waals surface area contributed by atoms with Gasteiger partial charge in [0.15, 0.2) is 0 Å². The minimum absolute atomic E-state index is 0.135. The summed E-state index contributed by atoms with van der Waals surface area (Å²) in [6, 6.07) is 27.9. The Kier molecular flexibility index (Phi) is 12.8. The van der Waals surface area contributed by atoms with Crippen molar-refractivity contribution in [1.29, 1.82) is 0 Å². The lowest BCUT2D eigenvalue weighted by atomic mass is 10.1. The highest BCUT2D eigenvalue weighted by molar-refractivity contribution is 7.99. The van der Waals surface area contributed by atoms with Crippen LogP contribution in [0.15, 0.2) is 107 Å². The molecule has 0 saturated carbocycles. The highest BCUT2D eigenvalue weighted by atomic mass is 35.5. The molecule has 1 atom stereocenters. The lowest BCUT2D eigenvalue weighted by molar-refractivity contribution is -0.384. The van der Waals surface area contributed by atoms with Crippen molar-refractivity contribution in [2.45, 2.75) is 28.8 Å². The monoisotopic (exact) mass is 736 g/mol. The van der Waals surface area contributed by atoms with E-state index in [0.29, 0.717) is 12.2 Å². The molecule has 1 heterocycles. The van der Waals surface area contributed by atoms with E-state index in [1.54, 1.807) is 36.0 Å². The second-order valence-corrected chi connectivity index (χ2v) is 15.5. The fourth-order valence-corrected chi connectivity index (χ4v) is 7.77. The van der Waals surface area contributed by atoms with Crippen LogP contribution in [0.5, 0.6) is 0 Å². The maximum Gasteiger partial charge on any atom is 0.293 e. The second-order valence-electron chi connectivity index (χ2n) is 12.3. The summed E-state index contributed by atoms with van der Waals surface area (Å²) in [5.74, 6) is -0.184. The van der Waals surface area contributed by atoms with Crippen molar-refractivity contribution in [2.75, 3.05) is 62.8 Å². The molecule has 4 aromatic rings. The number of sulfonamides is 1. The Morgan fingerprint density at radius 3 is 2.30 bits per heavy atom. The van der Waals surface area contributed by atoms with Gasteiger partial charge < -0.3 is 15.1 Å². The predicted octanol–water partition coefficient (Wildman–Crippen LogP) is 6.21. The number of nitro benzene ring substituents is 1. The van der Waals surface area contributed by atoms with E-state index < -0.39 is 26.5 Å². The van der Waals surface area contributed by atoms with Crippen molar-refractivity contribution < 1.29 is 18.1 Å². The summed E-state index contributed by atoms with van der Waals surface area (Å²) in [6.45, 7) is 4.79. The number of anilines is 2. The van der Waals surface area contributed by atoms with Crippen LogP contribution in [-0.2, 0) is 16.6 Å². The lowest BCUT2D eigenvalue weighted by Crippen LogP contribution is -2.46. The van der Waals surface area contributed by atoms with Crippen LogP contribution in [-0.4, -0.2) is 87.7 Å². The van der Waals surface area contributed by atoms with Crippen molar-refractivity contribution >= 4 is 56.4 Å². The normalized spacial score (nSPS) is 14.4. The Hall–Kier alpha value is -4.14. The van der Waals surface area contributed by atoms with Gasteiger partial charge in [0.2, 0.25) is 0 Å². The van der Waals surface area contributed by atoms with Crippen molar-refractivity contribution in [2.24, 2.45) is 0 Å². The number of hydrogen-bond acceptors (Lipinski definition) is 10. The standard InChI is InChI=1S/C36H41ClN6O5S2/c1-40(2)19-18-29(26-49-31-9-4-3-5-10-31)38-34-17-16-32(24-35(34)43(45)46)50(47,48)39-36(44)27-12-14-30(15-13-27)42-22-20-41(21-23-42)25-28-8-6-7-11-33(28)37/h3-17,24,29,38H,18-23,25-26H2,1-2H3,(H,39,44)/t29-/m1/s1. The number of piperazine rings is 1. The molecule has 50 heavy (non-hydrogen) atoms. The highest BCUT2D eigenvalue weighted by Crippen LogP contribution is 2.30. The first-order valence-corrected chi connectivity index (χ1v) is 19.1. The smallest absolute Gasteiger partial charge is 0.293 e. The molecule has 0 radical (unpaired) electrons. The maximum absolute atomic E-state index is 13.3. The number of rotatable bonds is 15. The number of nitrogens with one attached hydrogen (secondary N) is 2. The minimum Gasteiger partial charge on any atom is -0.376 e. The number of amides is 1. The van der Waals surface area contributed by atoms with E-state index in [2.05, 4.69) is 19.8 Å². The molecular weight excluding hydrogens is 696 g/mol. The van der Waals surface area contributed by atoms with E-state index in [1.807, 2.05) is 73.6 Å². The first-order chi connectivity index (χ1) is 24.0. The number of nitrogens with zero attached hydrogens (tertiary/aromatic N) is 4. The largest absolute Gasteiger partial charge is 0.376 e. The summed E-state index contributed by atoms with van der Waals surface area (Å²) >= 11 is 7.96. The molecule has 5 rings (SSSR count). The van der Waals surface area contributed by atoms with E-state index in [9.17, 15) is 23.3 Å². The first kappa shape index (κ1) is 37.1. The number of halogens is 1. The molecule has 14 heteroatoms. The molecule has 1 aliphatic heterocycles. The van der Waals surface area contributed by atoms with E-state index in [1.165, 1.54) is 12.1 Å². The third kappa shape index (κ3) is 10.2. The van der Waals surface area contributed by atoms with Crippen LogP contribution in [0.3, 0.4) is 0 Å². The van der Waals surface area contributed by atoms with E-state index in [0.717, 1.165) is 66.5 Å². The first-order valence-electron chi connectivity index (χ1n) is 16.2. The van der Waals surface area contributed by atoms with E-state index >= 15 is 0 Å². The van der Waals surface area contributed by atoms with Crippen LogP contribution in [0.1, 0.15) is 22.3 Å². The number of hydrogen-bond donors (Lipinski definition) is 2. The van der Waals surface area contributed by atoms with Crippen molar-refractivity contribution in [3.8, 4) is 0 Å². The summed E-state index contributed by atoms with van der Waals surface area (Å²) in [5.41, 5.74) is 1.98. The Morgan fingerprint density at radius 1 is 0.960 bits per heavy atom. The van der Waals surface area contributed by atoms with Gasteiger partial charge in [0.1, 0.15) is 5.69 Å². The minimum atomic E-state index is -4.41. The van der Waals surface area contributed by atoms with Gasteiger partial charge in [-0.2, -0.15) is 0 Å². The quantitative estimate of drug-likeness (QED) is 0.0826. The maximum atomic E-state index is 13.3. The molecule has 1 amide bonds. The molecule has 11 nitrogen and oxygen atoms in total. The van der Waals surface area contributed by atoms with E-state index in [4.69, 9.17) is 11.6 Å². The highest BCUT2D eigenvalue weighted by Gasteiger charge is 2.26. The molecule has 264 valence electrons. The topological polar surface area (TPSA) is 128 Å². The van der Waals surface area contributed by atoms with Gasteiger partial charge in [-0.1, -0.05) is 48.0 Å². The molecule has 0 unspecified atom stereocenters. The fraction of sp³-hybridized carbons (Fsp3) is 0.306. The fourth-order valence-electron chi connectivity index (χ4n) is 5.59. The Labute approximate surface area is 302 Å². The zero-order valence-corrected chi connectivity index (χ0v) is 30.4. The summed E-state index contributed by atoms with van der Waals surface area (Å²) < 4.78 is 28.6. The molecule has 0 aliphatic carbocycles. The molecule has 1 fully saturated rings. The number of carbonyl (C=O) groups excluding carboxylic acids is 1. The zero-order valence-electron chi connectivity index (χ0n) is 28.0. The lowest BCUT2D eigenvalue weighted by Gasteiger charge is -2.36. The van der Waals surface area contributed by atoms with Gasteiger partial charge in [0, 0.05) is 71.8 Å². The molecule has 1 saturated heterocycles. The zero-order chi connectivity index (χ0) is 35.7. The van der Waals surface area contributed by atoms with Gasteiger partial charge in [-0.25, -0.2) is 13.1 Å². The predicted molar refractivity (Wildman–Crippen MR) is 201 cm³/mol. The van der Waals surface area contributed by atoms with Crippen LogP contribution >= 0.6 is 23.4 Å². The van der Waals surface area contributed by atoms with Gasteiger partial charge in [0.05, 0.1) is 9.82 Å². The third-order valence-electron chi connectivity index (χ3n) is 8.40. The summed E-state index contributed by atoms with van der Waals surface area (Å²) in [4.78, 5) is 31.8. The Balaban J connectivity index is 1.21. The number of carbonyl (C=O) groups is 1. The SMILES string of the molecule is CN(C)CC[C@H](CSc1ccccc1)Nc1ccc(S(=O)(=O)NC(=O)c2ccc(N3CCN(Cc4ccccc4Cl)CC3)cc2)cc1[N+](=O)[O-]. The molecule has 2 N–H and O–H groups in total. The van der Waals surface area contributed by atoms with Crippen LogP contribution < -0.4 is 14.9 Å². The van der Waals surface area contributed by atoms with Crippen molar-refractivity contribution in [3.05, 3.63) is 123 Å². The molecular formula is C36H41ClN6O5S2. The summed E-state index contributed by atoms with van der Waals surface area (Å²) in [5, 5.41) is 16.1. The molecule has 0 spiro atoms. The van der Waals surface area contributed by atoms with Gasteiger partial charge in [-0.3, -0.25) is 19.8 Å². The van der Waals surface area contributed by atoms with Crippen molar-refractivity contribution in [3.63, 3.8) is 0 Å². The van der Waals surface area contributed by atoms with E-state index in [-0.39, 0.29) is 22.2 Å².